The topological polar surface area (TPSA) is 81.5 Å². The number of pyridine rings is 2. The number of nitrogens with zero attached hydrogens (tertiary/aromatic N) is 5. The Hall–Kier alpha value is -2.22. The molecule has 5 rings (SSSR count). The van der Waals surface area contributed by atoms with Crippen molar-refractivity contribution in [2.45, 2.75) is 25.5 Å². The van der Waals surface area contributed by atoms with Crippen LogP contribution in [0.25, 0.3) is 21.8 Å². The van der Waals surface area contributed by atoms with Crippen molar-refractivity contribution < 1.29 is 4.74 Å². The third kappa shape index (κ3) is 3.65. The molecule has 1 unspecified atom stereocenters. The van der Waals surface area contributed by atoms with Gasteiger partial charge >= 0.3 is 0 Å². The summed E-state index contributed by atoms with van der Waals surface area (Å²) < 4.78 is 7.61. The van der Waals surface area contributed by atoms with Crippen LogP contribution in [-0.4, -0.2) is 36.6 Å². The Morgan fingerprint density at radius 1 is 1.00 bits per heavy atom. The predicted molar refractivity (Wildman–Crippen MR) is 100 cm³/mol. The molecule has 1 fully saturated rings. The first-order chi connectivity index (χ1) is 12.7. The molecule has 7 nitrogen and oxygen atoms in total. The van der Waals surface area contributed by atoms with Crippen molar-refractivity contribution in [2.75, 3.05) is 6.61 Å². The van der Waals surface area contributed by atoms with Crippen LogP contribution in [0.3, 0.4) is 0 Å². The van der Waals surface area contributed by atoms with Crippen molar-refractivity contribution in [3.8, 4) is 0 Å². The second kappa shape index (κ2) is 7.57. The normalized spacial score (nSPS) is 17.2. The van der Waals surface area contributed by atoms with Crippen LogP contribution in [0.4, 0.5) is 0 Å². The summed E-state index contributed by atoms with van der Waals surface area (Å²) in [6.07, 6.45) is 10.3. The van der Waals surface area contributed by atoms with Gasteiger partial charge in [0, 0.05) is 41.9 Å². The van der Waals surface area contributed by atoms with E-state index in [1.54, 1.807) is 30.9 Å². The highest BCUT2D eigenvalue weighted by Crippen LogP contribution is 2.26. The van der Waals surface area contributed by atoms with Gasteiger partial charge < -0.3 is 4.74 Å². The predicted octanol–water partition coefficient (Wildman–Crippen LogP) is 4.40. The lowest BCUT2D eigenvalue weighted by atomic mass is 10.2. The number of aromatic amines is 1. The van der Waals surface area contributed by atoms with E-state index >= 15 is 0 Å². The van der Waals surface area contributed by atoms with Crippen LogP contribution in [0.15, 0.2) is 36.9 Å². The summed E-state index contributed by atoms with van der Waals surface area (Å²) in [6, 6.07) is 3.58. The number of ether oxygens (including phenoxy) is 1. The highest BCUT2D eigenvalue weighted by molar-refractivity contribution is 6.30. The minimum Gasteiger partial charge on any atom is -0.356 e. The molecule has 0 spiro atoms. The van der Waals surface area contributed by atoms with E-state index < -0.39 is 0 Å². The number of halogens is 2. The molecule has 0 saturated carbocycles. The summed E-state index contributed by atoms with van der Waals surface area (Å²) in [6.45, 7) is 0.810. The second-order valence-corrected chi connectivity index (χ2v) is 6.71. The molecule has 0 amide bonds. The molecule has 1 saturated heterocycles. The van der Waals surface area contributed by atoms with Gasteiger partial charge in [0.05, 0.1) is 23.4 Å². The van der Waals surface area contributed by atoms with Crippen molar-refractivity contribution in [2.24, 2.45) is 0 Å². The number of hydrogen-bond donors (Lipinski definition) is 1. The molecule has 0 aromatic carbocycles. The highest BCUT2D eigenvalue weighted by atomic mass is 35.5. The van der Waals surface area contributed by atoms with Gasteiger partial charge in [-0.15, -0.1) is 0 Å². The van der Waals surface area contributed by atoms with Gasteiger partial charge in [-0.05, 0) is 19.3 Å². The van der Waals surface area contributed by atoms with E-state index in [1.807, 2.05) is 10.7 Å². The summed E-state index contributed by atoms with van der Waals surface area (Å²) in [4.78, 5) is 7.92. The van der Waals surface area contributed by atoms with Crippen LogP contribution < -0.4 is 0 Å². The van der Waals surface area contributed by atoms with Crippen LogP contribution >= 0.6 is 23.2 Å². The Bertz CT molecular complexity index is 1020. The minimum absolute atomic E-state index is 0.0460. The number of nitrogens with one attached hydrogen (secondary N) is 1. The fraction of sp³-hybridized carbons (Fsp3) is 0.294. The second-order valence-electron chi connectivity index (χ2n) is 5.94. The summed E-state index contributed by atoms with van der Waals surface area (Å²) in [7, 11) is 0. The molecule has 1 aliphatic rings. The molecule has 4 aromatic heterocycles. The quantitative estimate of drug-likeness (QED) is 0.487. The van der Waals surface area contributed by atoms with E-state index in [0.717, 1.165) is 41.3 Å². The smallest absolute Gasteiger partial charge is 0.150 e. The summed E-state index contributed by atoms with van der Waals surface area (Å²) in [5.74, 6) is 0. The maximum absolute atomic E-state index is 5.89. The molecular weight excluding hydrogens is 375 g/mol. The van der Waals surface area contributed by atoms with E-state index in [1.165, 1.54) is 6.42 Å². The van der Waals surface area contributed by atoms with Crippen molar-refractivity contribution in [3.63, 3.8) is 0 Å². The molecule has 9 heteroatoms. The Kier molecular flexibility index (Phi) is 5.01. The molecule has 0 aliphatic carbocycles. The Balaban J connectivity index is 0.000000144. The average molecular weight is 391 g/mol. The largest absolute Gasteiger partial charge is 0.356 e. The fourth-order valence-corrected chi connectivity index (χ4v) is 3.18. The van der Waals surface area contributed by atoms with Gasteiger partial charge in [0.2, 0.25) is 0 Å². The third-order valence-corrected chi connectivity index (χ3v) is 4.58. The third-order valence-electron chi connectivity index (χ3n) is 4.17. The molecule has 1 N–H and O–H groups in total. The standard InChI is InChI=1S/C11H12ClN3O.C6H4ClN3/c12-10-5-9-8(6-13-10)7-14-15(9)11-3-1-2-4-16-11;7-6-1-5-4(2-8-6)3-9-10-5/h5-7,11H,1-4H2;1-3H,(H,9,10). The molecule has 5 heterocycles. The van der Waals surface area contributed by atoms with Gasteiger partial charge in [0.15, 0.2) is 6.23 Å². The molecule has 1 atom stereocenters. The van der Waals surface area contributed by atoms with Gasteiger partial charge in [-0.3, -0.25) is 5.10 Å². The number of rotatable bonds is 1. The molecule has 1 aliphatic heterocycles. The van der Waals surface area contributed by atoms with Gasteiger partial charge in [-0.2, -0.15) is 10.2 Å². The molecule has 0 radical (unpaired) electrons. The Morgan fingerprint density at radius 2 is 1.81 bits per heavy atom. The van der Waals surface area contributed by atoms with E-state index in [0.29, 0.717) is 10.3 Å². The van der Waals surface area contributed by atoms with E-state index in [2.05, 4.69) is 25.3 Å². The van der Waals surface area contributed by atoms with Crippen LogP contribution in [0.5, 0.6) is 0 Å². The highest BCUT2D eigenvalue weighted by Gasteiger charge is 2.18. The van der Waals surface area contributed by atoms with Crippen LogP contribution in [0.2, 0.25) is 10.3 Å². The average Bonchev–Trinajstić information content (AvgIpc) is 3.29. The minimum atomic E-state index is 0.0460. The number of H-pyrrole nitrogens is 1. The van der Waals surface area contributed by atoms with E-state index in [4.69, 9.17) is 27.9 Å². The zero-order chi connectivity index (χ0) is 17.9. The van der Waals surface area contributed by atoms with Crippen molar-refractivity contribution >= 4 is 45.0 Å². The summed E-state index contributed by atoms with van der Waals surface area (Å²) in [5.41, 5.74) is 1.91. The lowest BCUT2D eigenvalue weighted by molar-refractivity contribution is -0.0366. The zero-order valence-electron chi connectivity index (χ0n) is 13.8. The van der Waals surface area contributed by atoms with Gasteiger partial charge in [-0.1, -0.05) is 23.2 Å². The van der Waals surface area contributed by atoms with Crippen molar-refractivity contribution in [1.82, 2.24) is 29.9 Å². The lowest BCUT2D eigenvalue weighted by Crippen LogP contribution is -2.18. The molecule has 0 bridgehead atoms. The number of aromatic nitrogens is 6. The maximum Gasteiger partial charge on any atom is 0.150 e. The monoisotopic (exact) mass is 390 g/mol. The fourth-order valence-electron chi connectivity index (χ4n) is 2.87. The first-order valence-corrected chi connectivity index (χ1v) is 9.01. The van der Waals surface area contributed by atoms with E-state index in [9.17, 15) is 0 Å². The zero-order valence-corrected chi connectivity index (χ0v) is 15.3. The van der Waals surface area contributed by atoms with Gasteiger partial charge in [0.1, 0.15) is 10.3 Å². The van der Waals surface area contributed by atoms with Gasteiger partial charge in [-0.25, -0.2) is 14.6 Å². The van der Waals surface area contributed by atoms with Crippen molar-refractivity contribution in [1.29, 1.82) is 0 Å². The Morgan fingerprint density at radius 3 is 2.62 bits per heavy atom. The van der Waals surface area contributed by atoms with Crippen LogP contribution in [0, 0.1) is 0 Å². The SMILES string of the molecule is Clc1cc2[nH]ncc2cn1.Clc1cc2c(cn1)cnn2C1CCCCO1. The van der Waals surface area contributed by atoms with Crippen molar-refractivity contribution in [3.05, 3.63) is 47.2 Å². The Labute approximate surface area is 159 Å². The molecule has 4 aromatic rings. The molecular formula is C17H16Cl2N6O. The molecule has 134 valence electrons. The lowest BCUT2D eigenvalue weighted by Gasteiger charge is -2.23. The van der Waals surface area contributed by atoms with Crippen LogP contribution in [-0.2, 0) is 4.74 Å². The molecule has 26 heavy (non-hydrogen) atoms. The summed E-state index contributed by atoms with van der Waals surface area (Å²) in [5, 5.41) is 13.9. The van der Waals surface area contributed by atoms with E-state index in [-0.39, 0.29) is 6.23 Å². The maximum atomic E-state index is 5.89. The first-order valence-electron chi connectivity index (χ1n) is 8.26. The first kappa shape index (κ1) is 17.2. The number of fused-ring (bicyclic) bond motifs is 2. The van der Waals surface area contributed by atoms with Crippen LogP contribution in [0.1, 0.15) is 25.5 Å². The number of hydrogen-bond acceptors (Lipinski definition) is 5. The van der Waals surface area contributed by atoms with Gasteiger partial charge in [0.25, 0.3) is 0 Å². The summed E-state index contributed by atoms with van der Waals surface area (Å²) >= 11 is 11.5.